The Bertz CT molecular complexity index is 671. The number of amides is 1. The van der Waals surface area contributed by atoms with Gasteiger partial charge < -0.3 is 11.1 Å². The highest BCUT2D eigenvalue weighted by molar-refractivity contribution is 5.94. The van der Waals surface area contributed by atoms with Crippen LogP contribution in [0.2, 0.25) is 0 Å². The number of aryl methyl sites for hydroxylation is 2. The van der Waals surface area contributed by atoms with Crippen LogP contribution in [-0.4, -0.2) is 34.7 Å². The molecule has 0 fully saturated rings. The van der Waals surface area contributed by atoms with Crippen LogP contribution in [0.4, 0.5) is 8.78 Å². The van der Waals surface area contributed by atoms with E-state index in [4.69, 9.17) is 5.73 Å². The zero-order chi connectivity index (χ0) is 16.3. The van der Waals surface area contributed by atoms with Crippen LogP contribution in [0.25, 0.3) is 5.69 Å². The van der Waals surface area contributed by atoms with Gasteiger partial charge in [0.05, 0.1) is 24.5 Å². The summed E-state index contributed by atoms with van der Waals surface area (Å²) in [5.41, 5.74) is 7.89. The molecular weight excluding hydrogens is 326 g/mol. The second kappa shape index (κ2) is 7.52. The van der Waals surface area contributed by atoms with E-state index >= 15 is 0 Å². The van der Waals surface area contributed by atoms with E-state index in [9.17, 15) is 13.6 Å². The number of carbonyl (C=O) groups excluding carboxylic acids is 1. The Morgan fingerprint density at radius 3 is 2.39 bits per heavy atom. The molecule has 0 atom stereocenters. The molecule has 126 valence electrons. The number of halogens is 3. The molecule has 1 amide bonds. The lowest BCUT2D eigenvalue weighted by molar-refractivity contribution is 0.0118. The van der Waals surface area contributed by atoms with Gasteiger partial charge in [-0.05, 0) is 44.2 Å². The average Bonchev–Trinajstić information content (AvgIpc) is 2.84. The first-order chi connectivity index (χ1) is 10.3. The number of alkyl halides is 2. The number of rotatable bonds is 5. The van der Waals surface area contributed by atoms with E-state index in [1.807, 2.05) is 19.9 Å². The van der Waals surface area contributed by atoms with Gasteiger partial charge in [-0.2, -0.15) is 5.10 Å². The van der Waals surface area contributed by atoms with Crippen LogP contribution in [0.3, 0.4) is 0 Å². The van der Waals surface area contributed by atoms with E-state index in [0.717, 1.165) is 17.1 Å². The molecule has 0 saturated carbocycles. The molecule has 1 aromatic heterocycles. The summed E-state index contributed by atoms with van der Waals surface area (Å²) >= 11 is 0. The van der Waals surface area contributed by atoms with Crippen molar-refractivity contribution in [1.29, 1.82) is 0 Å². The average molecular weight is 345 g/mol. The second-order valence-corrected chi connectivity index (χ2v) is 5.13. The number of nitrogens with one attached hydrogen (secondary N) is 1. The molecule has 0 aliphatic carbocycles. The van der Waals surface area contributed by atoms with Crippen molar-refractivity contribution in [2.24, 2.45) is 5.73 Å². The maximum Gasteiger partial charge on any atom is 0.277 e. The summed E-state index contributed by atoms with van der Waals surface area (Å²) in [4.78, 5) is 11.8. The second-order valence-electron chi connectivity index (χ2n) is 5.13. The summed E-state index contributed by atoms with van der Waals surface area (Å²) in [7, 11) is 0. The van der Waals surface area contributed by atoms with E-state index < -0.39 is 24.9 Å². The topological polar surface area (TPSA) is 72.9 Å². The van der Waals surface area contributed by atoms with Gasteiger partial charge in [-0.15, -0.1) is 12.4 Å². The molecule has 2 aromatic rings. The third-order valence-electron chi connectivity index (χ3n) is 3.19. The summed E-state index contributed by atoms with van der Waals surface area (Å²) < 4.78 is 27.8. The zero-order valence-corrected chi connectivity index (χ0v) is 13.7. The lowest BCUT2D eigenvalue weighted by Gasteiger charge is -2.14. The summed E-state index contributed by atoms with van der Waals surface area (Å²) in [6, 6.07) is 8.52. The quantitative estimate of drug-likeness (QED) is 0.873. The van der Waals surface area contributed by atoms with E-state index in [0.29, 0.717) is 5.56 Å². The van der Waals surface area contributed by atoms with Gasteiger partial charge in [0.2, 0.25) is 0 Å². The molecule has 0 spiro atoms. The fourth-order valence-electron chi connectivity index (χ4n) is 2.03. The van der Waals surface area contributed by atoms with Gasteiger partial charge in [-0.25, -0.2) is 13.5 Å². The minimum absolute atomic E-state index is 0. The molecule has 0 bridgehead atoms. The number of benzene rings is 1. The number of nitrogens with zero attached hydrogens (tertiary/aromatic N) is 2. The Balaban J connectivity index is 0.00000264. The van der Waals surface area contributed by atoms with Crippen molar-refractivity contribution in [1.82, 2.24) is 15.1 Å². The van der Waals surface area contributed by atoms with Gasteiger partial charge in [-0.1, -0.05) is 0 Å². The Hall–Kier alpha value is -1.99. The lowest BCUT2D eigenvalue weighted by atomic mass is 10.2. The first kappa shape index (κ1) is 19.1. The number of carbonyl (C=O) groups is 1. The highest BCUT2D eigenvalue weighted by Gasteiger charge is 2.27. The van der Waals surface area contributed by atoms with E-state index in [2.05, 4.69) is 10.4 Å². The third kappa shape index (κ3) is 4.74. The van der Waals surface area contributed by atoms with Gasteiger partial charge in [0.15, 0.2) is 0 Å². The summed E-state index contributed by atoms with van der Waals surface area (Å²) in [5, 5.41) is 6.51. The largest absolute Gasteiger partial charge is 0.346 e. The predicted octanol–water partition coefficient (Wildman–Crippen LogP) is 2.23. The van der Waals surface area contributed by atoms with Crippen LogP contribution >= 0.6 is 12.4 Å². The summed E-state index contributed by atoms with van der Waals surface area (Å²) in [6.45, 7) is 2.24. The van der Waals surface area contributed by atoms with E-state index in [1.165, 1.54) is 0 Å². The van der Waals surface area contributed by atoms with Crippen LogP contribution in [0.15, 0.2) is 30.3 Å². The van der Waals surface area contributed by atoms with Crippen molar-refractivity contribution in [3.8, 4) is 5.69 Å². The number of hydrogen-bond acceptors (Lipinski definition) is 3. The Morgan fingerprint density at radius 1 is 1.30 bits per heavy atom. The van der Waals surface area contributed by atoms with Crippen LogP contribution < -0.4 is 11.1 Å². The van der Waals surface area contributed by atoms with E-state index in [1.54, 1.807) is 28.9 Å². The molecule has 0 saturated heterocycles. The summed E-state index contributed by atoms with van der Waals surface area (Å²) in [6.07, 6.45) is 0. The summed E-state index contributed by atoms with van der Waals surface area (Å²) in [5.74, 6) is -3.66. The van der Waals surface area contributed by atoms with Crippen LogP contribution in [-0.2, 0) is 0 Å². The molecule has 2 rings (SSSR count). The van der Waals surface area contributed by atoms with Crippen molar-refractivity contribution in [3.63, 3.8) is 0 Å². The van der Waals surface area contributed by atoms with Crippen LogP contribution in [0, 0.1) is 13.8 Å². The van der Waals surface area contributed by atoms with Gasteiger partial charge in [0.1, 0.15) is 0 Å². The minimum atomic E-state index is -3.10. The highest BCUT2D eigenvalue weighted by Crippen LogP contribution is 2.14. The van der Waals surface area contributed by atoms with Crippen LogP contribution in [0.1, 0.15) is 21.7 Å². The first-order valence-electron chi connectivity index (χ1n) is 6.82. The Labute approximate surface area is 139 Å². The molecule has 0 unspecified atom stereocenters. The Morgan fingerprint density at radius 2 is 1.91 bits per heavy atom. The monoisotopic (exact) mass is 344 g/mol. The van der Waals surface area contributed by atoms with Gasteiger partial charge >= 0.3 is 0 Å². The number of nitrogens with two attached hydrogens (primary N) is 1. The molecule has 0 aliphatic rings. The van der Waals surface area contributed by atoms with Gasteiger partial charge in [-0.3, -0.25) is 4.79 Å². The SMILES string of the molecule is Cc1cc(C)n(-c2ccc(C(=O)NCC(F)(F)CN)cc2)n1.Cl. The number of hydrogen-bond donors (Lipinski definition) is 2. The van der Waals surface area contributed by atoms with Gasteiger partial charge in [0, 0.05) is 11.3 Å². The molecule has 8 heteroatoms. The number of aromatic nitrogens is 2. The molecule has 3 N–H and O–H groups in total. The fraction of sp³-hybridized carbons (Fsp3) is 0.333. The molecule has 0 radical (unpaired) electrons. The van der Waals surface area contributed by atoms with E-state index in [-0.39, 0.29) is 12.4 Å². The molecule has 23 heavy (non-hydrogen) atoms. The Kier molecular flexibility index (Phi) is 6.23. The van der Waals surface area contributed by atoms with Crippen molar-refractivity contribution >= 4 is 18.3 Å². The standard InChI is InChI=1S/C15H18F2N4O.ClH/c1-10-7-11(2)21(20-10)13-5-3-12(4-6-13)14(22)19-9-15(16,17)8-18;/h3-7H,8-9,18H2,1-2H3,(H,19,22);1H. The molecular formula is C15H19ClF2N4O. The normalized spacial score (nSPS) is 11.0. The molecule has 1 aromatic carbocycles. The highest BCUT2D eigenvalue weighted by atomic mass is 35.5. The van der Waals surface area contributed by atoms with Crippen molar-refractivity contribution in [3.05, 3.63) is 47.3 Å². The minimum Gasteiger partial charge on any atom is -0.346 e. The zero-order valence-electron chi connectivity index (χ0n) is 12.8. The molecule has 5 nitrogen and oxygen atoms in total. The van der Waals surface area contributed by atoms with Crippen molar-refractivity contribution < 1.29 is 13.6 Å². The maximum atomic E-state index is 13.0. The first-order valence-corrected chi connectivity index (χ1v) is 6.82. The fourth-order valence-corrected chi connectivity index (χ4v) is 2.03. The van der Waals surface area contributed by atoms with Crippen LogP contribution in [0.5, 0.6) is 0 Å². The molecule has 1 heterocycles. The smallest absolute Gasteiger partial charge is 0.277 e. The molecule has 0 aliphatic heterocycles. The van der Waals surface area contributed by atoms with Crippen molar-refractivity contribution in [2.75, 3.05) is 13.1 Å². The lowest BCUT2D eigenvalue weighted by Crippen LogP contribution is -2.41. The third-order valence-corrected chi connectivity index (χ3v) is 3.19. The van der Waals surface area contributed by atoms with Gasteiger partial charge in [0.25, 0.3) is 11.8 Å². The predicted molar refractivity (Wildman–Crippen MR) is 86.6 cm³/mol. The van der Waals surface area contributed by atoms with Crippen molar-refractivity contribution in [2.45, 2.75) is 19.8 Å². The maximum absolute atomic E-state index is 13.0.